The molecule has 0 bridgehead atoms. The lowest BCUT2D eigenvalue weighted by Crippen LogP contribution is -2.51. The van der Waals surface area contributed by atoms with E-state index < -0.39 is 27.0 Å². The number of likely N-dealkylation sites (tertiary alicyclic amines) is 1. The summed E-state index contributed by atoms with van der Waals surface area (Å²) in [5.74, 6) is -0.521. The maximum absolute atomic E-state index is 12.5. The monoisotopic (exact) mass is 297 g/mol. The number of hydrogen-bond donors (Lipinski definition) is 1. The number of Topliss-reactive ketones (excluding diaryl/α,β-unsaturated/α-hetero) is 1. The number of urea groups is 1. The van der Waals surface area contributed by atoms with Crippen LogP contribution in [0, 0.1) is 0 Å². The predicted octanol–water partition coefficient (Wildman–Crippen LogP) is 0.315. The molecule has 2 N–H and O–H groups in total. The van der Waals surface area contributed by atoms with E-state index >= 15 is 0 Å². The molecule has 2 amide bonds. The second kappa shape index (κ2) is 5.58. The number of amides is 2. The third-order valence-corrected chi connectivity index (χ3v) is 5.07. The van der Waals surface area contributed by atoms with Gasteiger partial charge in [0, 0.05) is 19.2 Å². The van der Waals surface area contributed by atoms with E-state index in [0.29, 0.717) is 12.8 Å². The summed E-state index contributed by atoms with van der Waals surface area (Å²) in [5, 5.41) is -1.80. The number of pyridine rings is 1. The number of hydrogen-bond acceptors (Lipinski definition) is 5. The number of aromatic nitrogens is 1. The highest BCUT2D eigenvalue weighted by Crippen LogP contribution is 2.23. The summed E-state index contributed by atoms with van der Waals surface area (Å²) >= 11 is 0. The second-order valence-electron chi connectivity index (χ2n) is 4.52. The highest BCUT2D eigenvalue weighted by atomic mass is 32.2. The van der Waals surface area contributed by atoms with Crippen LogP contribution in [0.25, 0.3) is 0 Å². The van der Waals surface area contributed by atoms with E-state index in [1.165, 1.54) is 18.3 Å². The molecule has 1 aromatic rings. The third-order valence-electron chi connectivity index (χ3n) is 3.14. The first-order valence-electron chi connectivity index (χ1n) is 6.18. The van der Waals surface area contributed by atoms with Crippen LogP contribution < -0.4 is 5.73 Å². The van der Waals surface area contributed by atoms with Gasteiger partial charge >= 0.3 is 6.03 Å². The van der Waals surface area contributed by atoms with E-state index in [2.05, 4.69) is 4.98 Å². The summed E-state index contributed by atoms with van der Waals surface area (Å²) in [6.07, 6.45) is 2.52. The van der Waals surface area contributed by atoms with Crippen LogP contribution >= 0.6 is 0 Å². The SMILES string of the molecule is NC(=O)N1CCCCC(=O)C1S(=O)(=O)c1ccccn1. The molecular formula is C12H15N3O4S. The van der Waals surface area contributed by atoms with Crippen LogP contribution in [0.2, 0.25) is 0 Å². The molecule has 1 saturated heterocycles. The molecule has 0 saturated carbocycles. The summed E-state index contributed by atoms with van der Waals surface area (Å²) in [7, 11) is -4.06. The number of rotatable bonds is 2. The van der Waals surface area contributed by atoms with Gasteiger partial charge in [0.1, 0.15) is 0 Å². The highest BCUT2D eigenvalue weighted by Gasteiger charge is 2.42. The molecule has 8 heteroatoms. The van der Waals surface area contributed by atoms with Crippen molar-refractivity contribution < 1.29 is 18.0 Å². The summed E-state index contributed by atoms with van der Waals surface area (Å²) in [5.41, 5.74) is 5.21. The molecule has 2 rings (SSSR count). The molecule has 0 radical (unpaired) electrons. The Hall–Kier alpha value is -1.96. The number of carbonyl (C=O) groups is 2. The van der Waals surface area contributed by atoms with Crippen LogP contribution in [0.3, 0.4) is 0 Å². The smallest absolute Gasteiger partial charge is 0.316 e. The van der Waals surface area contributed by atoms with Gasteiger partial charge < -0.3 is 10.6 Å². The van der Waals surface area contributed by atoms with Crippen LogP contribution in [0.15, 0.2) is 29.4 Å². The summed E-state index contributed by atoms with van der Waals surface area (Å²) in [4.78, 5) is 28.2. The third kappa shape index (κ3) is 2.64. The van der Waals surface area contributed by atoms with Gasteiger partial charge in [-0.2, -0.15) is 0 Å². The van der Waals surface area contributed by atoms with Gasteiger partial charge in [0.15, 0.2) is 10.8 Å². The highest BCUT2D eigenvalue weighted by molar-refractivity contribution is 7.92. The van der Waals surface area contributed by atoms with Crippen LogP contribution in [0.5, 0.6) is 0 Å². The molecule has 0 aliphatic carbocycles. The Morgan fingerprint density at radius 3 is 2.70 bits per heavy atom. The van der Waals surface area contributed by atoms with Crippen molar-refractivity contribution in [3.05, 3.63) is 24.4 Å². The van der Waals surface area contributed by atoms with Gasteiger partial charge in [0.25, 0.3) is 0 Å². The fourth-order valence-electron chi connectivity index (χ4n) is 2.19. The number of primary amides is 1. The van der Waals surface area contributed by atoms with E-state index in [9.17, 15) is 18.0 Å². The average molecular weight is 297 g/mol. The maximum atomic E-state index is 12.5. The van der Waals surface area contributed by atoms with Crippen LogP contribution in [0.1, 0.15) is 19.3 Å². The Balaban J connectivity index is 2.49. The van der Waals surface area contributed by atoms with Crippen LogP contribution in [-0.4, -0.2) is 42.0 Å². The molecule has 20 heavy (non-hydrogen) atoms. The van der Waals surface area contributed by atoms with Gasteiger partial charge in [-0.1, -0.05) is 6.07 Å². The molecule has 1 atom stereocenters. The zero-order valence-corrected chi connectivity index (χ0v) is 11.5. The van der Waals surface area contributed by atoms with Crippen LogP contribution in [-0.2, 0) is 14.6 Å². The largest absolute Gasteiger partial charge is 0.351 e. The van der Waals surface area contributed by atoms with E-state index in [-0.39, 0.29) is 18.0 Å². The molecular weight excluding hydrogens is 282 g/mol. The van der Waals surface area contributed by atoms with Gasteiger partial charge in [-0.25, -0.2) is 18.2 Å². The lowest BCUT2D eigenvalue weighted by Gasteiger charge is -2.26. The molecule has 1 unspecified atom stereocenters. The van der Waals surface area contributed by atoms with Crippen molar-refractivity contribution in [1.82, 2.24) is 9.88 Å². The molecule has 1 aliphatic heterocycles. The lowest BCUT2D eigenvalue weighted by molar-refractivity contribution is -0.120. The van der Waals surface area contributed by atoms with Crippen molar-refractivity contribution in [2.45, 2.75) is 29.7 Å². The number of sulfone groups is 1. The second-order valence-corrected chi connectivity index (χ2v) is 6.48. The first-order valence-corrected chi connectivity index (χ1v) is 7.73. The van der Waals surface area contributed by atoms with E-state index in [4.69, 9.17) is 5.73 Å². The normalized spacial score (nSPS) is 20.5. The topological polar surface area (TPSA) is 110 Å². The van der Waals surface area contributed by atoms with Gasteiger partial charge in [0.05, 0.1) is 0 Å². The Morgan fingerprint density at radius 2 is 2.10 bits per heavy atom. The molecule has 1 fully saturated rings. The maximum Gasteiger partial charge on any atom is 0.316 e. The van der Waals surface area contributed by atoms with Gasteiger partial charge in [-0.05, 0) is 25.0 Å². The Kier molecular flexibility index (Phi) is 4.03. The molecule has 108 valence electrons. The quantitative estimate of drug-likeness (QED) is 0.845. The number of carbonyl (C=O) groups excluding carboxylic acids is 2. The van der Waals surface area contributed by atoms with E-state index in [1.807, 2.05) is 0 Å². The molecule has 0 spiro atoms. The molecule has 1 aromatic heterocycles. The lowest BCUT2D eigenvalue weighted by atomic mass is 10.2. The Labute approximate surface area is 116 Å². The molecule has 2 heterocycles. The zero-order valence-electron chi connectivity index (χ0n) is 10.7. The summed E-state index contributed by atoms with van der Waals surface area (Å²) < 4.78 is 25.1. The Bertz CT molecular complexity index is 615. The zero-order chi connectivity index (χ0) is 14.8. The van der Waals surface area contributed by atoms with Gasteiger partial charge in [0.2, 0.25) is 15.2 Å². The van der Waals surface area contributed by atoms with Crippen molar-refractivity contribution in [2.24, 2.45) is 5.73 Å². The van der Waals surface area contributed by atoms with Gasteiger partial charge in [-0.3, -0.25) is 4.79 Å². The number of nitrogens with zero attached hydrogens (tertiary/aromatic N) is 2. The Morgan fingerprint density at radius 1 is 1.35 bits per heavy atom. The fraction of sp³-hybridized carbons (Fsp3) is 0.417. The van der Waals surface area contributed by atoms with E-state index in [0.717, 1.165) is 4.90 Å². The summed E-state index contributed by atoms with van der Waals surface area (Å²) in [6.45, 7) is 0.151. The first kappa shape index (κ1) is 14.4. The van der Waals surface area contributed by atoms with Crippen molar-refractivity contribution in [3.63, 3.8) is 0 Å². The predicted molar refractivity (Wildman–Crippen MR) is 70.4 cm³/mol. The first-order chi connectivity index (χ1) is 9.44. The van der Waals surface area contributed by atoms with Crippen molar-refractivity contribution in [1.29, 1.82) is 0 Å². The fourth-order valence-corrected chi connectivity index (χ4v) is 3.91. The minimum absolute atomic E-state index is 0.112. The van der Waals surface area contributed by atoms with Crippen molar-refractivity contribution in [2.75, 3.05) is 6.54 Å². The van der Waals surface area contributed by atoms with Crippen LogP contribution in [0.4, 0.5) is 4.79 Å². The molecule has 0 aromatic carbocycles. The minimum Gasteiger partial charge on any atom is -0.351 e. The van der Waals surface area contributed by atoms with Crippen molar-refractivity contribution in [3.8, 4) is 0 Å². The number of ketones is 1. The average Bonchev–Trinajstić information content (AvgIpc) is 2.62. The number of nitrogens with two attached hydrogens (primary N) is 1. The van der Waals surface area contributed by atoms with Gasteiger partial charge in [-0.15, -0.1) is 0 Å². The van der Waals surface area contributed by atoms with Crippen molar-refractivity contribution >= 4 is 21.7 Å². The molecule has 1 aliphatic rings. The minimum atomic E-state index is -4.06. The van der Waals surface area contributed by atoms with E-state index in [1.54, 1.807) is 6.07 Å². The molecule has 7 nitrogen and oxygen atoms in total. The standard InChI is InChI=1S/C12H15N3O4S/c13-12(17)15-8-4-2-5-9(16)11(15)20(18,19)10-6-1-3-7-14-10/h1,3,6-7,11H,2,4-5,8H2,(H2,13,17). The summed E-state index contributed by atoms with van der Waals surface area (Å²) in [6, 6.07) is 3.46.